The zero-order chi connectivity index (χ0) is 18.5. The van der Waals surface area contributed by atoms with Gasteiger partial charge >= 0.3 is 0 Å². The quantitative estimate of drug-likeness (QED) is 0.666. The highest BCUT2D eigenvalue weighted by atomic mass is 35.5. The summed E-state index contributed by atoms with van der Waals surface area (Å²) < 4.78 is 1.62. The van der Waals surface area contributed by atoms with Gasteiger partial charge in [0.2, 0.25) is 11.9 Å². The van der Waals surface area contributed by atoms with E-state index in [2.05, 4.69) is 25.7 Å². The first-order valence-corrected chi connectivity index (χ1v) is 8.85. The molecule has 1 aliphatic rings. The second-order valence-corrected chi connectivity index (χ2v) is 6.64. The van der Waals surface area contributed by atoms with E-state index in [-0.39, 0.29) is 12.5 Å². The summed E-state index contributed by atoms with van der Waals surface area (Å²) in [5, 5.41) is 19.8. The smallest absolute Gasteiger partial charge is 0.229 e. The standard InChI is InChI=1S/C16H22ClN7O2/c1-11(26)23-3-2-12(9-23)6-18-15-14(17)8-19-16(22-15)21-13-7-20-24(10-13)4-5-25/h7-8,10,12,25H,2-6,9H2,1H3,(H2,18,19,21,22). The van der Waals surface area contributed by atoms with Gasteiger partial charge in [0, 0.05) is 32.8 Å². The molecule has 1 saturated heterocycles. The van der Waals surface area contributed by atoms with Crippen molar-refractivity contribution in [2.24, 2.45) is 5.92 Å². The number of nitrogens with one attached hydrogen (secondary N) is 2. The number of carbonyl (C=O) groups excluding carboxylic acids is 1. The van der Waals surface area contributed by atoms with Crippen molar-refractivity contribution in [1.82, 2.24) is 24.6 Å². The maximum atomic E-state index is 11.4. The summed E-state index contributed by atoms with van der Waals surface area (Å²) in [5.41, 5.74) is 0.722. The molecule has 1 fully saturated rings. The maximum absolute atomic E-state index is 11.4. The second kappa shape index (κ2) is 8.33. The average Bonchev–Trinajstić information content (AvgIpc) is 3.25. The van der Waals surface area contributed by atoms with E-state index in [1.54, 1.807) is 24.0 Å². The van der Waals surface area contributed by atoms with Crippen molar-refractivity contribution in [2.45, 2.75) is 19.9 Å². The van der Waals surface area contributed by atoms with Crippen LogP contribution in [-0.2, 0) is 11.3 Å². The number of amides is 1. The van der Waals surface area contributed by atoms with Crippen LogP contribution in [0.2, 0.25) is 5.02 Å². The topological polar surface area (TPSA) is 108 Å². The van der Waals surface area contributed by atoms with E-state index in [9.17, 15) is 4.79 Å². The van der Waals surface area contributed by atoms with Crippen LogP contribution in [0.5, 0.6) is 0 Å². The highest BCUT2D eigenvalue weighted by Crippen LogP contribution is 2.23. The van der Waals surface area contributed by atoms with Crippen molar-refractivity contribution in [1.29, 1.82) is 0 Å². The molecule has 1 unspecified atom stereocenters. The van der Waals surface area contributed by atoms with Crippen LogP contribution in [0.15, 0.2) is 18.6 Å². The Balaban J connectivity index is 1.59. The van der Waals surface area contributed by atoms with E-state index in [4.69, 9.17) is 16.7 Å². The number of halogens is 1. The van der Waals surface area contributed by atoms with Gasteiger partial charge in [-0.1, -0.05) is 11.6 Å². The van der Waals surface area contributed by atoms with Gasteiger partial charge in [-0.3, -0.25) is 9.48 Å². The van der Waals surface area contributed by atoms with Crippen molar-refractivity contribution >= 4 is 35.0 Å². The number of carbonyl (C=O) groups is 1. The highest BCUT2D eigenvalue weighted by Gasteiger charge is 2.24. The van der Waals surface area contributed by atoms with Crippen molar-refractivity contribution in [3.63, 3.8) is 0 Å². The first-order valence-electron chi connectivity index (χ1n) is 8.47. The van der Waals surface area contributed by atoms with Crippen LogP contribution in [0.4, 0.5) is 17.5 Å². The van der Waals surface area contributed by atoms with Crippen molar-refractivity contribution in [3.8, 4) is 0 Å². The Labute approximate surface area is 156 Å². The molecule has 1 amide bonds. The molecule has 3 heterocycles. The van der Waals surface area contributed by atoms with Crippen LogP contribution in [0.25, 0.3) is 0 Å². The van der Waals surface area contributed by atoms with Crippen molar-refractivity contribution in [3.05, 3.63) is 23.6 Å². The normalized spacial score (nSPS) is 16.7. The molecule has 0 saturated carbocycles. The lowest BCUT2D eigenvalue weighted by atomic mass is 10.1. The van der Waals surface area contributed by atoms with Crippen LogP contribution in [0.1, 0.15) is 13.3 Å². The lowest BCUT2D eigenvalue weighted by Gasteiger charge is -2.15. The summed E-state index contributed by atoms with van der Waals surface area (Å²) in [6, 6.07) is 0. The Hall–Kier alpha value is -2.39. The van der Waals surface area contributed by atoms with Gasteiger partial charge in [-0.25, -0.2) is 4.98 Å². The summed E-state index contributed by atoms with van der Waals surface area (Å²) in [7, 11) is 0. The third kappa shape index (κ3) is 4.61. The molecular weight excluding hydrogens is 358 g/mol. The molecular formula is C16H22ClN7O2. The Bertz CT molecular complexity index is 767. The van der Waals surface area contributed by atoms with Crippen LogP contribution >= 0.6 is 11.6 Å². The number of aliphatic hydroxyl groups excluding tert-OH is 1. The third-order valence-electron chi connectivity index (χ3n) is 4.25. The molecule has 1 atom stereocenters. The molecule has 3 N–H and O–H groups in total. The number of hydrogen-bond donors (Lipinski definition) is 3. The fraction of sp³-hybridized carbons (Fsp3) is 0.500. The van der Waals surface area contributed by atoms with Gasteiger partial charge in [-0.15, -0.1) is 0 Å². The van der Waals surface area contributed by atoms with Gasteiger partial charge in [0.1, 0.15) is 5.02 Å². The van der Waals surface area contributed by atoms with E-state index < -0.39 is 0 Å². The molecule has 10 heteroatoms. The Morgan fingerprint density at radius 3 is 3.04 bits per heavy atom. The molecule has 0 aromatic carbocycles. The van der Waals surface area contributed by atoms with Gasteiger partial charge in [-0.2, -0.15) is 10.1 Å². The van der Waals surface area contributed by atoms with Crippen molar-refractivity contribution < 1.29 is 9.90 Å². The van der Waals surface area contributed by atoms with E-state index in [0.29, 0.717) is 35.8 Å². The number of aliphatic hydroxyl groups is 1. The van der Waals surface area contributed by atoms with Crippen LogP contribution in [-0.4, -0.2) is 61.9 Å². The number of hydrogen-bond acceptors (Lipinski definition) is 7. The summed E-state index contributed by atoms with van der Waals surface area (Å²) in [5.74, 6) is 1.43. The van der Waals surface area contributed by atoms with E-state index >= 15 is 0 Å². The van der Waals surface area contributed by atoms with Gasteiger partial charge in [-0.05, 0) is 12.3 Å². The minimum atomic E-state index is 0.0227. The van der Waals surface area contributed by atoms with Crippen molar-refractivity contribution in [2.75, 3.05) is 36.9 Å². The van der Waals surface area contributed by atoms with E-state index in [1.165, 1.54) is 6.20 Å². The van der Waals surface area contributed by atoms with Gasteiger partial charge in [0.25, 0.3) is 0 Å². The fourth-order valence-electron chi connectivity index (χ4n) is 2.86. The van der Waals surface area contributed by atoms with Crippen LogP contribution < -0.4 is 10.6 Å². The first kappa shape index (κ1) is 18.4. The first-order chi connectivity index (χ1) is 12.5. The molecule has 2 aromatic rings. The molecule has 0 radical (unpaired) electrons. The van der Waals surface area contributed by atoms with E-state index in [1.807, 2.05) is 4.90 Å². The molecule has 0 spiro atoms. The third-order valence-corrected chi connectivity index (χ3v) is 4.53. The van der Waals surface area contributed by atoms with Crippen LogP contribution in [0.3, 0.4) is 0 Å². The Morgan fingerprint density at radius 1 is 1.46 bits per heavy atom. The minimum absolute atomic E-state index is 0.0227. The lowest BCUT2D eigenvalue weighted by Crippen LogP contribution is -2.27. The van der Waals surface area contributed by atoms with Gasteiger partial charge < -0.3 is 20.6 Å². The summed E-state index contributed by atoms with van der Waals surface area (Å²) in [6.45, 7) is 4.28. The summed E-state index contributed by atoms with van der Waals surface area (Å²) >= 11 is 6.19. The monoisotopic (exact) mass is 379 g/mol. The predicted octanol–water partition coefficient (Wildman–Crippen LogP) is 1.34. The molecule has 1 aliphatic heterocycles. The molecule has 0 aliphatic carbocycles. The van der Waals surface area contributed by atoms with Crippen LogP contribution in [0, 0.1) is 5.92 Å². The molecule has 3 rings (SSSR count). The number of aromatic nitrogens is 4. The molecule has 9 nitrogen and oxygen atoms in total. The number of likely N-dealkylation sites (tertiary alicyclic amines) is 1. The average molecular weight is 380 g/mol. The number of anilines is 3. The van der Waals surface area contributed by atoms with Gasteiger partial charge in [0.05, 0.1) is 31.2 Å². The summed E-state index contributed by atoms with van der Waals surface area (Å²) in [6.07, 6.45) is 5.89. The molecule has 2 aromatic heterocycles. The fourth-order valence-corrected chi connectivity index (χ4v) is 3.02. The zero-order valence-electron chi connectivity index (χ0n) is 14.5. The molecule has 26 heavy (non-hydrogen) atoms. The second-order valence-electron chi connectivity index (χ2n) is 6.23. The zero-order valence-corrected chi connectivity index (χ0v) is 15.3. The van der Waals surface area contributed by atoms with Gasteiger partial charge in [0.15, 0.2) is 5.82 Å². The lowest BCUT2D eigenvalue weighted by molar-refractivity contribution is -0.127. The van der Waals surface area contributed by atoms with E-state index in [0.717, 1.165) is 25.2 Å². The minimum Gasteiger partial charge on any atom is -0.394 e. The summed E-state index contributed by atoms with van der Waals surface area (Å²) in [4.78, 5) is 21.8. The number of nitrogens with zero attached hydrogens (tertiary/aromatic N) is 5. The SMILES string of the molecule is CC(=O)N1CCC(CNc2nc(Nc3cnn(CCO)c3)ncc2Cl)C1. The predicted molar refractivity (Wildman–Crippen MR) is 98.5 cm³/mol. The maximum Gasteiger partial charge on any atom is 0.229 e. The largest absolute Gasteiger partial charge is 0.394 e. The highest BCUT2D eigenvalue weighted by molar-refractivity contribution is 6.32. The molecule has 140 valence electrons. The molecule has 0 bridgehead atoms. The number of rotatable bonds is 7. The Morgan fingerprint density at radius 2 is 2.31 bits per heavy atom. The Kier molecular flexibility index (Phi) is 5.89.